The fourth-order valence-electron chi connectivity index (χ4n) is 2.12. The van der Waals surface area contributed by atoms with E-state index in [2.05, 4.69) is 15.9 Å². The van der Waals surface area contributed by atoms with Gasteiger partial charge in [-0.05, 0) is 38.1 Å². The molecule has 1 aromatic rings. The standard InChI is InChI=1S/C13H16BrNO2/c1-9-7-15(8-10(2)17-9)13(16)11-3-5-12(14)6-4-11/h3-6,9-10H,7-8H2,1-2H3/t9-,10-/m0/s1. The number of amides is 1. The highest BCUT2D eigenvalue weighted by Crippen LogP contribution is 2.16. The first-order chi connectivity index (χ1) is 8.06. The van der Waals surface area contributed by atoms with Crippen molar-refractivity contribution in [2.75, 3.05) is 13.1 Å². The monoisotopic (exact) mass is 297 g/mol. The Morgan fingerprint density at radius 1 is 1.24 bits per heavy atom. The Labute approximate surface area is 110 Å². The van der Waals surface area contributed by atoms with E-state index in [1.165, 1.54) is 0 Å². The van der Waals surface area contributed by atoms with E-state index in [0.29, 0.717) is 13.1 Å². The van der Waals surface area contributed by atoms with Crippen LogP contribution in [0, 0.1) is 0 Å². The molecule has 1 heterocycles. The lowest BCUT2D eigenvalue weighted by Gasteiger charge is -2.35. The molecule has 3 nitrogen and oxygen atoms in total. The van der Waals surface area contributed by atoms with Gasteiger partial charge in [0.05, 0.1) is 12.2 Å². The Bertz CT molecular complexity index is 394. The van der Waals surface area contributed by atoms with E-state index in [0.717, 1.165) is 10.0 Å². The lowest BCUT2D eigenvalue weighted by Crippen LogP contribution is -2.48. The molecule has 0 aromatic heterocycles. The molecule has 0 radical (unpaired) electrons. The van der Waals surface area contributed by atoms with Crippen molar-refractivity contribution in [3.8, 4) is 0 Å². The Kier molecular flexibility index (Phi) is 3.84. The van der Waals surface area contributed by atoms with Gasteiger partial charge >= 0.3 is 0 Å². The summed E-state index contributed by atoms with van der Waals surface area (Å²) in [4.78, 5) is 14.1. The van der Waals surface area contributed by atoms with E-state index in [1.54, 1.807) is 0 Å². The van der Waals surface area contributed by atoms with E-state index in [9.17, 15) is 4.79 Å². The summed E-state index contributed by atoms with van der Waals surface area (Å²) in [5.74, 6) is 0.0829. The maximum atomic E-state index is 12.3. The number of rotatable bonds is 1. The SMILES string of the molecule is C[C@H]1CN(C(=O)c2ccc(Br)cc2)C[C@H](C)O1. The smallest absolute Gasteiger partial charge is 0.254 e. The van der Waals surface area contributed by atoms with E-state index < -0.39 is 0 Å². The number of hydrogen-bond acceptors (Lipinski definition) is 2. The van der Waals surface area contributed by atoms with Gasteiger partial charge in [0.2, 0.25) is 0 Å². The van der Waals surface area contributed by atoms with Crippen molar-refractivity contribution in [1.82, 2.24) is 4.90 Å². The van der Waals surface area contributed by atoms with Gasteiger partial charge in [0.1, 0.15) is 0 Å². The second kappa shape index (κ2) is 5.19. The van der Waals surface area contributed by atoms with Gasteiger partial charge in [-0.25, -0.2) is 0 Å². The van der Waals surface area contributed by atoms with Crippen LogP contribution in [-0.2, 0) is 4.74 Å². The summed E-state index contributed by atoms with van der Waals surface area (Å²) < 4.78 is 6.60. The third-order valence-corrected chi connectivity index (χ3v) is 3.33. The summed E-state index contributed by atoms with van der Waals surface area (Å²) in [5.41, 5.74) is 0.731. The molecular weight excluding hydrogens is 282 g/mol. The summed E-state index contributed by atoms with van der Waals surface area (Å²) in [6, 6.07) is 7.47. The van der Waals surface area contributed by atoms with Crippen molar-refractivity contribution < 1.29 is 9.53 Å². The summed E-state index contributed by atoms with van der Waals surface area (Å²) >= 11 is 3.36. The molecular formula is C13H16BrNO2. The molecule has 1 amide bonds. The molecule has 0 aliphatic carbocycles. The van der Waals surface area contributed by atoms with Crippen molar-refractivity contribution >= 4 is 21.8 Å². The minimum absolute atomic E-state index is 0.0829. The van der Waals surface area contributed by atoms with Crippen molar-refractivity contribution in [2.45, 2.75) is 26.1 Å². The average Bonchev–Trinajstić information content (AvgIpc) is 2.28. The van der Waals surface area contributed by atoms with Crippen LogP contribution in [0.15, 0.2) is 28.7 Å². The number of morpholine rings is 1. The predicted molar refractivity (Wildman–Crippen MR) is 70.1 cm³/mol. The largest absolute Gasteiger partial charge is 0.372 e. The molecule has 1 fully saturated rings. The fourth-order valence-corrected chi connectivity index (χ4v) is 2.38. The number of nitrogens with zero attached hydrogens (tertiary/aromatic N) is 1. The summed E-state index contributed by atoms with van der Waals surface area (Å²) in [6.07, 6.45) is 0.219. The molecule has 0 spiro atoms. The number of hydrogen-bond donors (Lipinski definition) is 0. The van der Waals surface area contributed by atoms with E-state index in [1.807, 2.05) is 43.0 Å². The first-order valence-electron chi connectivity index (χ1n) is 5.76. The van der Waals surface area contributed by atoms with Gasteiger partial charge in [-0.3, -0.25) is 4.79 Å². The first kappa shape index (κ1) is 12.6. The summed E-state index contributed by atoms with van der Waals surface area (Å²) in [7, 11) is 0. The molecule has 0 N–H and O–H groups in total. The summed E-state index contributed by atoms with van der Waals surface area (Å²) in [6.45, 7) is 5.33. The molecule has 4 heteroatoms. The topological polar surface area (TPSA) is 29.5 Å². The van der Waals surface area contributed by atoms with E-state index >= 15 is 0 Å². The van der Waals surface area contributed by atoms with Crippen LogP contribution in [0.1, 0.15) is 24.2 Å². The first-order valence-corrected chi connectivity index (χ1v) is 6.56. The van der Waals surface area contributed by atoms with Crippen molar-refractivity contribution in [3.63, 3.8) is 0 Å². The third-order valence-electron chi connectivity index (χ3n) is 2.80. The number of carbonyl (C=O) groups excluding carboxylic acids is 1. The number of halogens is 1. The third kappa shape index (κ3) is 3.07. The highest BCUT2D eigenvalue weighted by Gasteiger charge is 2.26. The predicted octanol–water partition coefficient (Wildman–Crippen LogP) is 2.70. The molecule has 1 aliphatic rings. The lowest BCUT2D eigenvalue weighted by atomic mass is 10.1. The van der Waals surface area contributed by atoms with Crippen LogP contribution in [0.25, 0.3) is 0 Å². The van der Waals surface area contributed by atoms with Crippen LogP contribution in [0.2, 0.25) is 0 Å². The molecule has 92 valence electrons. The highest BCUT2D eigenvalue weighted by atomic mass is 79.9. The van der Waals surface area contributed by atoms with Crippen LogP contribution in [0.3, 0.4) is 0 Å². The molecule has 0 bridgehead atoms. The Balaban J connectivity index is 2.11. The molecule has 1 aromatic carbocycles. The Morgan fingerprint density at radius 3 is 2.29 bits per heavy atom. The number of benzene rings is 1. The average molecular weight is 298 g/mol. The maximum Gasteiger partial charge on any atom is 0.254 e. The Morgan fingerprint density at radius 2 is 1.76 bits per heavy atom. The number of ether oxygens (including phenoxy) is 1. The van der Waals surface area contributed by atoms with Gasteiger partial charge in [-0.1, -0.05) is 15.9 Å². The fraction of sp³-hybridized carbons (Fsp3) is 0.462. The van der Waals surface area contributed by atoms with E-state index in [-0.39, 0.29) is 18.1 Å². The minimum Gasteiger partial charge on any atom is -0.372 e. The second-order valence-electron chi connectivity index (χ2n) is 4.47. The van der Waals surface area contributed by atoms with Crippen molar-refractivity contribution in [3.05, 3.63) is 34.3 Å². The molecule has 17 heavy (non-hydrogen) atoms. The molecule has 0 unspecified atom stereocenters. The molecule has 0 saturated carbocycles. The minimum atomic E-state index is 0.0829. The number of carbonyl (C=O) groups is 1. The van der Waals surface area contributed by atoms with Gasteiger partial charge < -0.3 is 9.64 Å². The van der Waals surface area contributed by atoms with Crippen molar-refractivity contribution in [2.24, 2.45) is 0 Å². The zero-order chi connectivity index (χ0) is 12.4. The zero-order valence-electron chi connectivity index (χ0n) is 10.0. The quantitative estimate of drug-likeness (QED) is 0.798. The Hall–Kier alpha value is -0.870. The van der Waals surface area contributed by atoms with Gasteiger partial charge in [0, 0.05) is 23.1 Å². The van der Waals surface area contributed by atoms with Gasteiger partial charge in [-0.2, -0.15) is 0 Å². The van der Waals surface area contributed by atoms with Gasteiger partial charge in [-0.15, -0.1) is 0 Å². The van der Waals surface area contributed by atoms with Crippen molar-refractivity contribution in [1.29, 1.82) is 0 Å². The van der Waals surface area contributed by atoms with Crippen LogP contribution in [0.5, 0.6) is 0 Å². The van der Waals surface area contributed by atoms with Crippen LogP contribution < -0.4 is 0 Å². The van der Waals surface area contributed by atoms with Crippen LogP contribution in [0.4, 0.5) is 0 Å². The molecule has 2 atom stereocenters. The lowest BCUT2D eigenvalue weighted by molar-refractivity contribution is -0.0586. The van der Waals surface area contributed by atoms with E-state index in [4.69, 9.17) is 4.74 Å². The zero-order valence-corrected chi connectivity index (χ0v) is 11.6. The van der Waals surface area contributed by atoms with Gasteiger partial charge in [0.25, 0.3) is 5.91 Å². The van der Waals surface area contributed by atoms with Gasteiger partial charge in [0.15, 0.2) is 0 Å². The second-order valence-corrected chi connectivity index (χ2v) is 5.39. The molecule has 1 aliphatic heterocycles. The van der Waals surface area contributed by atoms with Crippen LogP contribution in [-0.4, -0.2) is 36.1 Å². The molecule has 1 saturated heterocycles. The normalized spacial score (nSPS) is 24.8. The maximum absolute atomic E-state index is 12.3. The summed E-state index contributed by atoms with van der Waals surface area (Å²) in [5, 5.41) is 0. The van der Waals surface area contributed by atoms with Crippen LogP contribution >= 0.6 is 15.9 Å². The molecule has 2 rings (SSSR count). The highest BCUT2D eigenvalue weighted by molar-refractivity contribution is 9.10.